The molecule has 3 aromatic rings. The van der Waals surface area contributed by atoms with E-state index >= 15 is 0 Å². The Labute approximate surface area is 173 Å². The van der Waals surface area contributed by atoms with E-state index in [4.69, 9.17) is 20.5 Å². The first-order valence-electron chi connectivity index (χ1n) is 9.08. The van der Waals surface area contributed by atoms with E-state index in [0.29, 0.717) is 28.3 Å². The second-order valence-electron chi connectivity index (χ2n) is 6.32. The first-order chi connectivity index (χ1) is 14.5. The third-order valence-corrected chi connectivity index (χ3v) is 4.12. The lowest BCUT2D eigenvalue weighted by Crippen LogP contribution is -2.20. The van der Waals surface area contributed by atoms with Crippen molar-refractivity contribution in [3.8, 4) is 17.6 Å². The number of rotatable bonds is 8. The predicted octanol–water partition coefficient (Wildman–Crippen LogP) is 3.25. The summed E-state index contributed by atoms with van der Waals surface area (Å²) >= 11 is 0. The fraction of sp³-hybridized carbons (Fsp3) is 0.0870. The zero-order valence-electron chi connectivity index (χ0n) is 16.0. The number of nitrogens with zero attached hydrogens (tertiary/aromatic N) is 1. The molecule has 0 unspecified atom stereocenters. The Hall–Kier alpha value is -4.31. The lowest BCUT2D eigenvalue weighted by molar-refractivity contribution is -0.119. The lowest BCUT2D eigenvalue weighted by atomic mass is 10.1. The second-order valence-corrected chi connectivity index (χ2v) is 6.32. The van der Waals surface area contributed by atoms with Crippen molar-refractivity contribution in [1.29, 1.82) is 5.26 Å². The highest BCUT2D eigenvalue weighted by molar-refractivity contribution is 6.04. The van der Waals surface area contributed by atoms with Crippen LogP contribution in [0, 0.1) is 11.3 Å². The molecule has 150 valence electrons. The van der Waals surface area contributed by atoms with Crippen LogP contribution in [0.3, 0.4) is 0 Å². The quantitative estimate of drug-likeness (QED) is 0.601. The maximum atomic E-state index is 12.5. The van der Waals surface area contributed by atoms with E-state index in [0.717, 1.165) is 5.56 Å². The first kappa shape index (κ1) is 20.4. The van der Waals surface area contributed by atoms with Gasteiger partial charge in [0, 0.05) is 16.8 Å². The van der Waals surface area contributed by atoms with Crippen molar-refractivity contribution in [1.82, 2.24) is 0 Å². The van der Waals surface area contributed by atoms with Crippen LogP contribution in [0.5, 0.6) is 11.5 Å². The highest BCUT2D eigenvalue weighted by atomic mass is 16.5. The lowest BCUT2D eigenvalue weighted by Gasteiger charge is -2.10. The Morgan fingerprint density at radius 3 is 2.43 bits per heavy atom. The number of carbonyl (C=O) groups excluding carboxylic acids is 2. The molecule has 30 heavy (non-hydrogen) atoms. The molecule has 0 heterocycles. The summed E-state index contributed by atoms with van der Waals surface area (Å²) in [6, 6.07) is 22.7. The Balaban J connectivity index is 1.61. The van der Waals surface area contributed by atoms with Gasteiger partial charge in [-0.05, 0) is 48.5 Å². The zero-order chi connectivity index (χ0) is 21.3. The van der Waals surface area contributed by atoms with E-state index in [1.165, 1.54) is 0 Å². The summed E-state index contributed by atoms with van der Waals surface area (Å²) in [6.45, 7) is 0.0128. The number of amides is 2. The zero-order valence-corrected chi connectivity index (χ0v) is 16.0. The van der Waals surface area contributed by atoms with Gasteiger partial charge >= 0.3 is 0 Å². The Morgan fingerprint density at radius 1 is 0.933 bits per heavy atom. The normalized spacial score (nSPS) is 9.97. The molecule has 0 aliphatic rings. The van der Waals surface area contributed by atoms with Gasteiger partial charge in [-0.3, -0.25) is 9.59 Å². The van der Waals surface area contributed by atoms with Gasteiger partial charge in [0.2, 0.25) is 0 Å². The largest absolute Gasteiger partial charge is 0.489 e. The number of nitrogens with two attached hydrogens (primary N) is 1. The van der Waals surface area contributed by atoms with Crippen LogP contribution in [0.4, 0.5) is 5.69 Å². The van der Waals surface area contributed by atoms with Gasteiger partial charge in [-0.25, -0.2) is 0 Å². The molecule has 7 nitrogen and oxygen atoms in total. The van der Waals surface area contributed by atoms with Crippen molar-refractivity contribution in [2.75, 3.05) is 11.9 Å². The SMILES string of the molecule is N#Cc1ccccc1COc1cccc(C(=O)Nc2ccc(OCC(N)=O)cc2)c1. The standard InChI is InChI=1S/C23H19N3O4/c24-13-17-4-1-2-5-18(17)14-29-21-7-3-6-16(12-21)23(28)26-19-8-10-20(11-9-19)30-15-22(25)27/h1-12H,14-15H2,(H2,25,27)(H,26,28). The maximum Gasteiger partial charge on any atom is 0.255 e. The average molecular weight is 401 g/mol. The Bertz CT molecular complexity index is 1090. The molecule has 0 saturated carbocycles. The smallest absolute Gasteiger partial charge is 0.255 e. The number of nitrogens with one attached hydrogen (secondary N) is 1. The number of anilines is 1. The molecule has 0 aromatic heterocycles. The predicted molar refractivity (Wildman–Crippen MR) is 111 cm³/mol. The maximum absolute atomic E-state index is 12.5. The molecule has 2 amide bonds. The molecule has 3 N–H and O–H groups in total. The Morgan fingerprint density at radius 2 is 1.70 bits per heavy atom. The van der Waals surface area contributed by atoms with Crippen molar-refractivity contribution in [3.05, 3.63) is 89.5 Å². The fourth-order valence-corrected chi connectivity index (χ4v) is 2.64. The molecule has 3 rings (SSSR count). The summed E-state index contributed by atoms with van der Waals surface area (Å²) in [6.07, 6.45) is 0. The third kappa shape index (κ3) is 5.59. The topological polar surface area (TPSA) is 114 Å². The van der Waals surface area contributed by atoms with Crippen molar-refractivity contribution < 1.29 is 19.1 Å². The van der Waals surface area contributed by atoms with Gasteiger partial charge in [0.1, 0.15) is 18.1 Å². The second kappa shape index (κ2) is 9.75. The number of carbonyl (C=O) groups is 2. The summed E-state index contributed by atoms with van der Waals surface area (Å²) in [5.41, 5.74) is 7.35. The monoisotopic (exact) mass is 401 g/mol. The number of ether oxygens (including phenoxy) is 2. The van der Waals surface area contributed by atoms with Gasteiger partial charge in [-0.15, -0.1) is 0 Å². The van der Waals surface area contributed by atoms with E-state index in [1.54, 1.807) is 60.7 Å². The number of nitriles is 1. The molecule has 7 heteroatoms. The van der Waals surface area contributed by atoms with E-state index < -0.39 is 5.91 Å². The van der Waals surface area contributed by atoms with Gasteiger partial charge < -0.3 is 20.5 Å². The molecular weight excluding hydrogens is 382 g/mol. The molecule has 3 aromatic carbocycles. The molecule has 0 radical (unpaired) electrons. The van der Waals surface area contributed by atoms with Gasteiger partial charge in [0.15, 0.2) is 6.61 Å². The fourth-order valence-electron chi connectivity index (χ4n) is 2.64. The number of primary amides is 1. The van der Waals surface area contributed by atoms with Gasteiger partial charge in [0.25, 0.3) is 11.8 Å². The van der Waals surface area contributed by atoms with Crippen LogP contribution >= 0.6 is 0 Å². The molecule has 0 bridgehead atoms. The molecular formula is C23H19N3O4. The van der Waals surface area contributed by atoms with Crippen LogP contribution in [-0.4, -0.2) is 18.4 Å². The third-order valence-electron chi connectivity index (χ3n) is 4.12. The summed E-state index contributed by atoms with van der Waals surface area (Å²) < 4.78 is 10.9. The molecule has 0 spiro atoms. The van der Waals surface area contributed by atoms with Crippen LogP contribution in [0.1, 0.15) is 21.5 Å². The minimum Gasteiger partial charge on any atom is -0.489 e. The summed E-state index contributed by atoms with van der Waals surface area (Å²) in [7, 11) is 0. The van der Waals surface area contributed by atoms with Gasteiger partial charge in [-0.2, -0.15) is 5.26 Å². The van der Waals surface area contributed by atoms with E-state index in [9.17, 15) is 9.59 Å². The van der Waals surface area contributed by atoms with Crippen LogP contribution < -0.4 is 20.5 Å². The van der Waals surface area contributed by atoms with E-state index in [-0.39, 0.29) is 19.1 Å². The molecule has 0 aliphatic carbocycles. The molecule has 0 saturated heterocycles. The first-order valence-corrected chi connectivity index (χ1v) is 9.08. The number of benzene rings is 3. The number of hydrogen-bond acceptors (Lipinski definition) is 5. The van der Waals surface area contributed by atoms with Crippen molar-refractivity contribution in [2.45, 2.75) is 6.61 Å². The van der Waals surface area contributed by atoms with Crippen LogP contribution in [0.15, 0.2) is 72.8 Å². The minimum absolute atomic E-state index is 0.211. The summed E-state index contributed by atoms with van der Waals surface area (Å²) in [5, 5.41) is 11.9. The van der Waals surface area contributed by atoms with E-state index in [1.807, 2.05) is 12.1 Å². The summed E-state index contributed by atoms with van der Waals surface area (Å²) in [4.78, 5) is 23.3. The van der Waals surface area contributed by atoms with Crippen molar-refractivity contribution >= 4 is 17.5 Å². The van der Waals surface area contributed by atoms with Crippen LogP contribution in [-0.2, 0) is 11.4 Å². The average Bonchev–Trinajstić information content (AvgIpc) is 2.77. The van der Waals surface area contributed by atoms with Crippen LogP contribution in [0.2, 0.25) is 0 Å². The molecule has 0 atom stereocenters. The van der Waals surface area contributed by atoms with Crippen molar-refractivity contribution in [3.63, 3.8) is 0 Å². The number of hydrogen-bond donors (Lipinski definition) is 2. The Kier molecular flexibility index (Phi) is 6.64. The van der Waals surface area contributed by atoms with Gasteiger partial charge in [0.05, 0.1) is 11.6 Å². The highest BCUT2D eigenvalue weighted by Crippen LogP contribution is 2.19. The molecule has 0 fully saturated rings. The van der Waals surface area contributed by atoms with E-state index in [2.05, 4.69) is 11.4 Å². The minimum atomic E-state index is -0.564. The molecule has 0 aliphatic heterocycles. The highest BCUT2D eigenvalue weighted by Gasteiger charge is 2.09. The van der Waals surface area contributed by atoms with Gasteiger partial charge in [-0.1, -0.05) is 24.3 Å². The van der Waals surface area contributed by atoms with Crippen LogP contribution in [0.25, 0.3) is 0 Å². The summed E-state index contributed by atoms with van der Waals surface area (Å²) in [5.74, 6) is 0.125. The van der Waals surface area contributed by atoms with Crippen molar-refractivity contribution in [2.24, 2.45) is 5.73 Å².